The molecule has 0 fully saturated rings. The van der Waals surface area contributed by atoms with Crippen molar-refractivity contribution in [3.8, 4) is 0 Å². The summed E-state index contributed by atoms with van der Waals surface area (Å²) in [5.41, 5.74) is -0.319. The molecule has 0 spiro atoms. The van der Waals surface area contributed by atoms with Crippen molar-refractivity contribution >= 4 is 22.1 Å². The van der Waals surface area contributed by atoms with Crippen molar-refractivity contribution in [2.45, 2.75) is 59.7 Å². The number of hydrogen-bond donors (Lipinski definition) is 0. The minimum atomic E-state index is -4.55. The van der Waals surface area contributed by atoms with Crippen molar-refractivity contribution in [1.29, 1.82) is 0 Å². The first-order valence-electron chi connectivity index (χ1n) is 9.70. The fraction of sp³-hybridized carbons (Fsp3) is 0.500. The number of fused-ring (bicyclic) bond motifs is 1. The van der Waals surface area contributed by atoms with Crippen molar-refractivity contribution in [3.63, 3.8) is 0 Å². The van der Waals surface area contributed by atoms with Crippen LogP contribution in [0.5, 0.6) is 0 Å². The molecule has 0 N–H and O–H groups in total. The van der Waals surface area contributed by atoms with Crippen LogP contribution in [0.1, 0.15) is 66.1 Å². The second kappa shape index (κ2) is 8.33. The van der Waals surface area contributed by atoms with E-state index in [9.17, 15) is 22.8 Å². The maximum Gasteiger partial charge on any atom is 0.435 e. The summed E-state index contributed by atoms with van der Waals surface area (Å²) in [7, 11) is 0. The smallest absolute Gasteiger partial charge is 0.292 e. The number of nitrogens with zero attached hydrogens (tertiary/aromatic N) is 4. The SMILES string of the molecule is CCCC(=O)c1c(C)sc2nc(Cn3nc(C(F)(F)F)cc3CC(C)C)cc(=O)n12. The molecule has 0 saturated heterocycles. The fourth-order valence-electron chi connectivity index (χ4n) is 3.34. The molecule has 0 amide bonds. The average Bonchev–Trinajstić information content (AvgIpc) is 3.15. The average molecular weight is 440 g/mol. The predicted octanol–water partition coefficient (Wildman–Crippen LogP) is 4.51. The van der Waals surface area contributed by atoms with Gasteiger partial charge in [-0.3, -0.25) is 14.3 Å². The second-order valence-electron chi connectivity index (χ2n) is 7.66. The maximum atomic E-state index is 13.1. The largest absolute Gasteiger partial charge is 0.435 e. The Morgan fingerprint density at radius 3 is 2.57 bits per heavy atom. The highest BCUT2D eigenvalue weighted by molar-refractivity contribution is 7.17. The summed E-state index contributed by atoms with van der Waals surface area (Å²) >= 11 is 1.22. The van der Waals surface area contributed by atoms with Crippen molar-refractivity contribution in [1.82, 2.24) is 19.2 Å². The highest BCUT2D eigenvalue weighted by atomic mass is 32.1. The van der Waals surface area contributed by atoms with E-state index < -0.39 is 17.4 Å². The molecule has 0 aliphatic rings. The van der Waals surface area contributed by atoms with Crippen molar-refractivity contribution < 1.29 is 18.0 Å². The summed E-state index contributed by atoms with van der Waals surface area (Å²) in [5.74, 6) is 0.00805. The number of ketones is 1. The summed E-state index contributed by atoms with van der Waals surface area (Å²) in [6, 6.07) is 2.30. The van der Waals surface area contributed by atoms with Gasteiger partial charge in [-0.15, -0.1) is 11.3 Å². The van der Waals surface area contributed by atoms with Crippen molar-refractivity contribution in [2.24, 2.45) is 5.92 Å². The molecular weight excluding hydrogens is 417 g/mol. The lowest BCUT2D eigenvalue weighted by Gasteiger charge is -2.09. The van der Waals surface area contributed by atoms with Crippen molar-refractivity contribution in [3.05, 3.63) is 50.1 Å². The van der Waals surface area contributed by atoms with Gasteiger partial charge in [-0.2, -0.15) is 18.3 Å². The molecule has 0 bridgehead atoms. The van der Waals surface area contributed by atoms with Gasteiger partial charge >= 0.3 is 6.18 Å². The molecule has 10 heteroatoms. The van der Waals surface area contributed by atoms with Gasteiger partial charge in [0.2, 0.25) is 0 Å². The summed E-state index contributed by atoms with van der Waals surface area (Å²) in [6.07, 6.45) is -3.15. The molecule has 0 saturated carbocycles. The molecule has 3 rings (SSSR count). The molecule has 162 valence electrons. The van der Waals surface area contributed by atoms with Crippen LogP contribution < -0.4 is 5.56 Å². The van der Waals surface area contributed by atoms with Crippen LogP contribution in [0.2, 0.25) is 0 Å². The Morgan fingerprint density at radius 1 is 1.27 bits per heavy atom. The molecule has 3 heterocycles. The number of aromatic nitrogens is 4. The first-order chi connectivity index (χ1) is 14.0. The Balaban J connectivity index is 2.04. The molecular formula is C20H23F3N4O2S. The molecule has 30 heavy (non-hydrogen) atoms. The van der Waals surface area contributed by atoms with Gasteiger partial charge in [0.15, 0.2) is 16.4 Å². The van der Waals surface area contributed by atoms with Gasteiger partial charge in [-0.05, 0) is 31.7 Å². The Morgan fingerprint density at radius 2 is 1.97 bits per heavy atom. The molecule has 3 aromatic heterocycles. The zero-order chi connectivity index (χ0) is 22.2. The van der Waals surface area contributed by atoms with Crippen LogP contribution in [-0.2, 0) is 19.1 Å². The van der Waals surface area contributed by atoms with Crippen LogP contribution in [0.4, 0.5) is 13.2 Å². The molecule has 0 atom stereocenters. The lowest BCUT2D eigenvalue weighted by Crippen LogP contribution is -2.20. The van der Waals surface area contributed by atoms with Crippen LogP contribution in [0.3, 0.4) is 0 Å². The van der Waals surface area contributed by atoms with E-state index in [4.69, 9.17) is 0 Å². The summed E-state index contributed by atoms with van der Waals surface area (Å²) < 4.78 is 42.0. The van der Waals surface area contributed by atoms with Gasteiger partial charge in [0, 0.05) is 23.1 Å². The van der Waals surface area contributed by atoms with Crippen LogP contribution in [-0.4, -0.2) is 24.9 Å². The highest BCUT2D eigenvalue weighted by Gasteiger charge is 2.35. The molecule has 0 unspecified atom stereocenters. The molecule has 0 aliphatic heterocycles. The molecule has 0 aromatic carbocycles. The lowest BCUT2D eigenvalue weighted by atomic mass is 10.1. The molecule has 0 aliphatic carbocycles. The van der Waals surface area contributed by atoms with E-state index in [-0.39, 0.29) is 18.2 Å². The number of halogens is 3. The van der Waals surface area contributed by atoms with E-state index in [2.05, 4.69) is 10.1 Å². The van der Waals surface area contributed by atoms with E-state index in [0.717, 1.165) is 6.07 Å². The van der Waals surface area contributed by atoms with Gasteiger partial charge in [0.25, 0.3) is 5.56 Å². The topological polar surface area (TPSA) is 69.3 Å². The summed E-state index contributed by atoms with van der Waals surface area (Å²) in [6.45, 7) is 7.40. The normalized spacial score (nSPS) is 12.3. The number of hydrogen-bond acceptors (Lipinski definition) is 5. The number of alkyl halides is 3. The third-order valence-corrected chi connectivity index (χ3v) is 5.52. The lowest BCUT2D eigenvalue weighted by molar-refractivity contribution is -0.141. The van der Waals surface area contributed by atoms with E-state index in [1.807, 2.05) is 20.8 Å². The van der Waals surface area contributed by atoms with Gasteiger partial charge < -0.3 is 0 Å². The number of Topliss-reactive ketones (excluding diaryl/α,β-unsaturated/α-hetero) is 1. The van der Waals surface area contributed by atoms with Crippen LogP contribution in [0, 0.1) is 12.8 Å². The number of rotatable bonds is 7. The monoisotopic (exact) mass is 440 g/mol. The Labute approximate surface area is 175 Å². The Bertz CT molecular complexity index is 1140. The third-order valence-electron chi connectivity index (χ3n) is 4.57. The van der Waals surface area contributed by atoms with E-state index in [0.29, 0.717) is 46.2 Å². The maximum absolute atomic E-state index is 13.1. The van der Waals surface area contributed by atoms with E-state index in [1.165, 1.54) is 26.5 Å². The number of carbonyl (C=O) groups is 1. The standard InChI is InChI=1S/C20H23F3N4O2S/c1-5-6-15(28)18-12(4)30-19-24-13(8-17(29)27(18)19)10-26-14(7-11(2)3)9-16(25-26)20(21,22)23/h8-9,11H,5-7,10H2,1-4H3. The van der Waals surface area contributed by atoms with Crippen LogP contribution in [0.15, 0.2) is 16.9 Å². The van der Waals surface area contributed by atoms with Gasteiger partial charge in [0.05, 0.1) is 12.2 Å². The van der Waals surface area contributed by atoms with Crippen molar-refractivity contribution in [2.75, 3.05) is 0 Å². The minimum absolute atomic E-state index is 0.0565. The van der Waals surface area contributed by atoms with E-state index >= 15 is 0 Å². The highest BCUT2D eigenvalue weighted by Crippen LogP contribution is 2.29. The molecule has 0 radical (unpaired) electrons. The second-order valence-corrected chi connectivity index (χ2v) is 8.84. The first-order valence-corrected chi connectivity index (χ1v) is 10.5. The number of carbonyl (C=O) groups excluding carboxylic acids is 1. The van der Waals surface area contributed by atoms with Gasteiger partial charge in [0.1, 0.15) is 5.69 Å². The Kier molecular flexibility index (Phi) is 6.16. The fourth-order valence-corrected chi connectivity index (χ4v) is 4.35. The van der Waals surface area contributed by atoms with Crippen LogP contribution in [0.25, 0.3) is 4.96 Å². The zero-order valence-electron chi connectivity index (χ0n) is 17.2. The number of aryl methyl sites for hydroxylation is 1. The van der Waals surface area contributed by atoms with E-state index in [1.54, 1.807) is 6.92 Å². The Hall–Kier alpha value is -2.49. The van der Waals surface area contributed by atoms with Gasteiger partial charge in [-0.1, -0.05) is 20.8 Å². The third kappa shape index (κ3) is 4.48. The molecule has 6 nitrogen and oxygen atoms in total. The van der Waals surface area contributed by atoms with Gasteiger partial charge in [-0.25, -0.2) is 9.38 Å². The number of thiazole rings is 1. The minimum Gasteiger partial charge on any atom is -0.292 e. The summed E-state index contributed by atoms with van der Waals surface area (Å²) in [5, 5.41) is 3.71. The predicted molar refractivity (Wildman–Crippen MR) is 108 cm³/mol. The first kappa shape index (κ1) is 22.2. The zero-order valence-corrected chi connectivity index (χ0v) is 18.0. The van der Waals surface area contributed by atoms with Crippen LogP contribution >= 0.6 is 11.3 Å². The molecule has 3 aromatic rings. The summed E-state index contributed by atoms with van der Waals surface area (Å²) in [4.78, 5) is 30.6. The quantitative estimate of drug-likeness (QED) is 0.507.